The van der Waals surface area contributed by atoms with E-state index in [2.05, 4.69) is 0 Å². The van der Waals surface area contributed by atoms with Crippen LogP contribution in [0.15, 0.2) is 6.07 Å². The van der Waals surface area contributed by atoms with Gasteiger partial charge in [0.25, 0.3) is 0 Å². The van der Waals surface area contributed by atoms with Gasteiger partial charge in [0.05, 0.1) is 19.8 Å². The lowest BCUT2D eigenvalue weighted by atomic mass is 9.75. The van der Waals surface area contributed by atoms with Gasteiger partial charge in [-0.25, -0.2) is 0 Å². The molecule has 1 aromatic rings. The molecule has 0 unspecified atom stereocenters. The van der Waals surface area contributed by atoms with Gasteiger partial charge in [-0.2, -0.15) is 0 Å². The van der Waals surface area contributed by atoms with Gasteiger partial charge in [-0.05, 0) is 25.8 Å². The predicted octanol–water partition coefficient (Wildman–Crippen LogP) is 2.41. The van der Waals surface area contributed by atoms with E-state index in [0.717, 1.165) is 12.0 Å². The number of benzene rings is 1. The van der Waals surface area contributed by atoms with Crippen LogP contribution in [-0.2, 0) is 21.4 Å². The molecule has 0 N–H and O–H groups in total. The number of carbonyl (C=O) groups excluding carboxylic acids is 3. The Morgan fingerprint density at radius 3 is 2.17 bits per heavy atom. The first-order chi connectivity index (χ1) is 10.9. The maximum Gasteiger partial charge on any atom is 0.167 e. The van der Waals surface area contributed by atoms with Gasteiger partial charge < -0.3 is 9.47 Å². The minimum absolute atomic E-state index is 0.0159. The molecule has 0 aliphatic heterocycles. The Morgan fingerprint density at radius 1 is 0.957 bits per heavy atom. The predicted molar refractivity (Wildman–Crippen MR) is 83.4 cm³/mol. The molecule has 5 nitrogen and oxygen atoms in total. The molecule has 0 amide bonds. The summed E-state index contributed by atoms with van der Waals surface area (Å²) in [6.45, 7) is 1.65. The quantitative estimate of drug-likeness (QED) is 0.801. The molecule has 2 aliphatic rings. The van der Waals surface area contributed by atoms with Crippen molar-refractivity contribution < 1.29 is 23.9 Å². The summed E-state index contributed by atoms with van der Waals surface area (Å²) in [5.41, 5.74) is 0.596. The number of hydrogen-bond donors (Lipinski definition) is 0. The van der Waals surface area contributed by atoms with Crippen LogP contribution in [0.3, 0.4) is 0 Å². The lowest BCUT2D eigenvalue weighted by Gasteiger charge is -2.29. The van der Waals surface area contributed by atoms with Crippen molar-refractivity contribution in [3.63, 3.8) is 0 Å². The first-order valence-corrected chi connectivity index (χ1v) is 7.83. The van der Waals surface area contributed by atoms with E-state index in [4.69, 9.17) is 9.47 Å². The van der Waals surface area contributed by atoms with Crippen LogP contribution in [0.2, 0.25) is 0 Å². The lowest BCUT2D eigenvalue weighted by Crippen LogP contribution is -2.35. The summed E-state index contributed by atoms with van der Waals surface area (Å²) in [4.78, 5) is 37.2. The van der Waals surface area contributed by atoms with Gasteiger partial charge in [-0.1, -0.05) is 0 Å². The zero-order chi connectivity index (χ0) is 16.8. The highest BCUT2D eigenvalue weighted by Gasteiger charge is 2.49. The summed E-state index contributed by atoms with van der Waals surface area (Å²) < 4.78 is 11.0. The molecule has 0 bridgehead atoms. The lowest BCUT2D eigenvalue weighted by molar-refractivity contribution is -0.128. The molecular formula is C18H20O5. The van der Waals surface area contributed by atoms with Crippen LogP contribution in [-0.4, -0.2) is 31.6 Å². The second kappa shape index (κ2) is 5.48. The van der Waals surface area contributed by atoms with Crippen LogP contribution < -0.4 is 9.47 Å². The van der Waals surface area contributed by atoms with E-state index in [1.807, 2.05) is 0 Å². The number of ketones is 3. The third kappa shape index (κ3) is 2.10. The highest BCUT2D eigenvalue weighted by Crippen LogP contribution is 2.46. The molecule has 0 radical (unpaired) electrons. The molecule has 0 spiro atoms. The van der Waals surface area contributed by atoms with Gasteiger partial charge in [-0.15, -0.1) is 0 Å². The van der Waals surface area contributed by atoms with Crippen LogP contribution in [0.25, 0.3) is 0 Å². The first kappa shape index (κ1) is 15.7. The van der Waals surface area contributed by atoms with Gasteiger partial charge >= 0.3 is 0 Å². The fourth-order valence-corrected chi connectivity index (χ4v) is 3.74. The van der Waals surface area contributed by atoms with Crippen LogP contribution in [0.1, 0.15) is 54.1 Å². The van der Waals surface area contributed by atoms with E-state index in [0.29, 0.717) is 35.5 Å². The van der Waals surface area contributed by atoms with Crippen LogP contribution in [0.4, 0.5) is 0 Å². The molecule has 0 aromatic heterocycles. The van der Waals surface area contributed by atoms with E-state index in [9.17, 15) is 14.4 Å². The standard InChI is InChI=1S/C18H20O5/c1-18(14(20)7-8-15(18)21)11-9-13(22-2)16-10(17(11)23-3)5-4-6-12(16)19/h9H,4-8H2,1-3H3. The normalized spacial score (nSPS) is 19.7. The number of carbonyl (C=O) groups is 3. The van der Waals surface area contributed by atoms with Crippen molar-refractivity contribution in [1.29, 1.82) is 0 Å². The van der Waals surface area contributed by atoms with Crippen LogP contribution in [0, 0.1) is 0 Å². The fourth-order valence-electron chi connectivity index (χ4n) is 3.74. The molecule has 2 aliphatic carbocycles. The number of methoxy groups -OCH3 is 2. The molecule has 3 rings (SSSR count). The van der Waals surface area contributed by atoms with E-state index >= 15 is 0 Å². The maximum atomic E-state index is 12.4. The van der Waals surface area contributed by atoms with Gasteiger partial charge in [0, 0.05) is 30.4 Å². The minimum atomic E-state index is -1.21. The number of hydrogen-bond acceptors (Lipinski definition) is 5. The number of fused-ring (bicyclic) bond motifs is 1. The molecule has 23 heavy (non-hydrogen) atoms. The molecule has 1 saturated carbocycles. The minimum Gasteiger partial charge on any atom is -0.496 e. The van der Waals surface area contributed by atoms with Gasteiger partial charge in [0.1, 0.15) is 16.9 Å². The Morgan fingerprint density at radius 2 is 1.61 bits per heavy atom. The third-order valence-electron chi connectivity index (χ3n) is 5.11. The van der Waals surface area contributed by atoms with Crippen molar-refractivity contribution in [2.45, 2.75) is 44.4 Å². The first-order valence-electron chi connectivity index (χ1n) is 7.83. The van der Waals surface area contributed by atoms with Crippen molar-refractivity contribution in [3.8, 4) is 11.5 Å². The molecular weight excluding hydrogens is 296 g/mol. The van der Waals surface area contributed by atoms with Crippen molar-refractivity contribution >= 4 is 17.3 Å². The fraction of sp³-hybridized carbons (Fsp3) is 0.500. The van der Waals surface area contributed by atoms with Crippen molar-refractivity contribution in [1.82, 2.24) is 0 Å². The Kier molecular flexibility index (Phi) is 3.74. The van der Waals surface area contributed by atoms with Crippen LogP contribution >= 0.6 is 0 Å². The maximum absolute atomic E-state index is 12.4. The Balaban J connectivity index is 2.32. The summed E-state index contributed by atoms with van der Waals surface area (Å²) in [7, 11) is 3.01. The number of rotatable bonds is 3. The van der Waals surface area contributed by atoms with Crippen molar-refractivity contribution in [3.05, 3.63) is 22.8 Å². The van der Waals surface area contributed by atoms with Crippen molar-refractivity contribution in [2.24, 2.45) is 0 Å². The smallest absolute Gasteiger partial charge is 0.167 e. The summed E-state index contributed by atoms with van der Waals surface area (Å²) >= 11 is 0. The molecule has 0 saturated heterocycles. The third-order valence-corrected chi connectivity index (χ3v) is 5.11. The number of ether oxygens (including phenoxy) is 2. The number of Topliss-reactive ketones (excluding diaryl/α,β-unsaturated/α-hetero) is 3. The van der Waals surface area contributed by atoms with Gasteiger partial charge in [0.2, 0.25) is 0 Å². The van der Waals surface area contributed by atoms with Gasteiger partial charge in [0.15, 0.2) is 17.3 Å². The van der Waals surface area contributed by atoms with E-state index in [1.165, 1.54) is 14.2 Å². The van der Waals surface area contributed by atoms with Crippen molar-refractivity contribution in [2.75, 3.05) is 14.2 Å². The Labute approximate surface area is 135 Å². The highest BCUT2D eigenvalue weighted by molar-refractivity contribution is 6.18. The van der Waals surface area contributed by atoms with Crippen LogP contribution in [0.5, 0.6) is 11.5 Å². The van der Waals surface area contributed by atoms with E-state index < -0.39 is 5.41 Å². The van der Waals surface area contributed by atoms with E-state index in [1.54, 1.807) is 13.0 Å². The highest BCUT2D eigenvalue weighted by atomic mass is 16.5. The molecule has 0 atom stereocenters. The zero-order valence-electron chi connectivity index (χ0n) is 13.7. The zero-order valence-corrected chi connectivity index (χ0v) is 13.7. The van der Waals surface area contributed by atoms with Gasteiger partial charge in [-0.3, -0.25) is 14.4 Å². The average molecular weight is 316 g/mol. The molecule has 0 heterocycles. The largest absolute Gasteiger partial charge is 0.496 e. The summed E-state index contributed by atoms with van der Waals surface area (Å²) in [6.07, 6.45) is 2.37. The molecule has 1 fully saturated rings. The Bertz CT molecular complexity index is 701. The topological polar surface area (TPSA) is 69.7 Å². The Hall–Kier alpha value is -2.17. The molecule has 122 valence electrons. The molecule has 5 heteroatoms. The monoisotopic (exact) mass is 316 g/mol. The summed E-state index contributed by atoms with van der Waals surface area (Å²) in [5, 5.41) is 0. The second-order valence-corrected chi connectivity index (χ2v) is 6.26. The summed E-state index contributed by atoms with van der Waals surface area (Å²) in [5.74, 6) is 0.714. The average Bonchev–Trinajstić information content (AvgIpc) is 2.81. The second-order valence-electron chi connectivity index (χ2n) is 6.26. The SMILES string of the molecule is COc1cc(C2(C)C(=O)CCC2=O)c(OC)c2c1C(=O)CCC2. The molecule has 1 aromatic carbocycles. The van der Waals surface area contributed by atoms with E-state index in [-0.39, 0.29) is 30.2 Å². The summed E-state index contributed by atoms with van der Waals surface area (Å²) in [6, 6.07) is 1.64.